The van der Waals surface area contributed by atoms with Crippen molar-refractivity contribution in [2.24, 2.45) is 5.73 Å². The maximum Gasteiger partial charge on any atom is 0.119 e. The third-order valence-corrected chi connectivity index (χ3v) is 2.59. The summed E-state index contributed by atoms with van der Waals surface area (Å²) in [5.74, 6) is 0.829. The summed E-state index contributed by atoms with van der Waals surface area (Å²) in [4.78, 5) is 0. The highest BCUT2D eigenvalue weighted by Gasteiger charge is 2.22. The highest BCUT2D eigenvalue weighted by atomic mass is 16.6. The third kappa shape index (κ3) is 3.20. The van der Waals surface area contributed by atoms with Crippen LogP contribution in [-0.4, -0.2) is 31.0 Å². The van der Waals surface area contributed by atoms with Gasteiger partial charge in [0.05, 0.1) is 6.61 Å². The number of aliphatic hydroxyl groups is 1. The monoisotopic (exact) mass is 223 g/mol. The molecule has 1 aromatic carbocycles. The van der Waals surface area contributed by atoms with Gasteiger partial charge < -0.3 is 20.3 Å². The molecule has 0 radical (unpaired) electrons. The predicted molar refractivity (Wildman–Crippen MR) is 60.3 cm³/mol. The Labute approximate surface area is 95.0 Å². The zero-order chi connectivity index (χ0) is 11.4. The molecule has 1 saturated heterocycles. The van der Waals surface area contributed by atoms with E-state index in [1.165, 1.54) is 0 Å². The van der Waals surface area contributed by atoms with Gasteiger partial charge in [-0.25, -0.2) is 0 Å². The highest BCUT2D eigenvalue weighted by Crippen LogP contribution is 2.19. The van der Waals surface area contributed by atoms with Gasteiger partial charge in [0.25, 0.3) is 0 Å². The summed E-state index contributed by atoms with van der Waals surface area (Å²) in [7, 11) is 0. The van der Waals surface area contributed by atoms with Crippen molar-refractivity contribution in [3.63, 3.8) is 0 Å². The van der Waals surface area contributed by atoms with Crippen molar-refractivity contribution >= 4 is 0 Å². The maximum absolute atomic E-state index is 8.79. The van der Waals surface area contributed by atoms with E-state index in [2.05, 4.69) is 0 Å². The fourth-order valence-corrected chi connectivity index (χ4v) is 1.47. The first-order chi connectivity index (χ1) is 7.79. The Morgan fingerprint density at radius 2 is 2.12 bits per heavy atom. The first-order valence-corrected chi connectivity index (χ1v) is 5.50. The topological polar surface area (TPSA) is 68.0 Å². The smallest absolute Gasteiger partial charge is 0.119 e. The molecule has 16 heavy (non-hydrogen) atoms. The van der Waals surface area contributed by atoms with Gasteiger partial charge in [0, 0.05) is 12.6 Å². The molecular formula is C12H17NO3. The normalized spacial score (nSPS) is 20.5. The van der Waals surface area contributed by atoms with E-state index in [-0.39, 0.29) is 18.8 Å². The van der Waals surface area contributed by atoms with Crippen LogP contribution in [0.1, 0.15) is 18.0 Å². The van der Waals surface area contributed by atoms with Crippen LogP contribution in [0, 0.1) is 0 Å². The number of ether oxygens (including phenoxy) is 2. The van der Waals surface area contributed by atoms with Crippen molar-refractivity contribution in [2.75, 3.05) is 19.8 Å². The van der Waals surface area contributed by atoms with Crippen LogP contribution in [0.3, 0.4) is 0 Å². The van der Waals surface area contributed by atoms with Crippen molar-refractivity contribution in [3.8, 4) is 5.75 Å². The van der Waals surface area contributed by atoms with Gasteiger partial charge in [0.2, 0.25) is 0 Å². The van der Waals surface area contributed by atoms with Gasteiger partial charge in [0.1, 0.15) is 18.5 Å². The molecule has 3 N–H and O–H groups in total. The molecule has 2 rings (SSSR count). The Balaban J connectivity index is 1.87. The molecule has 1 aliphatic rings. The molecule has 0 aliphatic carbocycles. The minimum Gasteiger partial charge on any atom is -0.491 e. The SMILES string of the molecule is NC(CCO)c1ccc(OCC2CO2)cc1. The molecule has 2 atom stereocenters. The fourth-order valence-electron chi connectivity index (χ4n) is 1.47. The summed E-state index contributed by atoms with van der Waals surface area (Å²) in [5, 5.41) is 8.79. The Bertz CT molecular complexity index is 322. The first kappa shape index (κ1) is 11.4. The molecule has 4 nitrogen and oxygen atoms in total. The van der Waals surface area contributed by atoms with E-state index >= 15 is 0 Å². The Hall–Kier alpha value is -1.10. The molecule has 0 bridgehead atoms. The van der Waals surface area contributed by atoms with Gasteiger partial charge in [-0.15, -0.1) is 0 Å². The van der Waals surface area contributed by atoms with E-state index in [0.717, 1.165) is 17.9 Å². The zero-order valence-electron chi connectivity index (χ0n) is 9.13. The van der Waals surface area contributed by atoms with Gasteiger partial charge in [0.15, 0.2) is 0 Å². The van der Waals surface area contributed by atoms with E-state index in [0.29, 0.717) is 13.0 Å². The van der Waals surface area contributed by atoms with Crippen LogP contribution in [0.5, 0.6) is 5.75 Å². The lowest BCUT2D eigenvalue weighted by atomic mass is 10.1. The molecule has 2 unspecified atom stereocenters. The van der Waals surface area contributed by atoms with E-state index in [1.807, 2.05) is 24.3 Å². The van der Waals surface area contributed by atoms with Crippen LogP contribution in [0.4, 0.5) is 0 Å². The van der Waals surface area contributed by atoms with Crippen molar-refractivity contribution in [3.05, 3.63) is 29.8 Å². The van der Waals surface area contributed by atoms with Crippen LogP contribution in [0.25, 0.3) is 0 Å². The van der Waals surface area contributed by atoms with E-state index in [9.17, 15) is 0 Å². The Kier molecular flexibility index (Phi) is 3.77. The van der Waals surface area contributed by atoms with Crippen molar-refractivity contribution in [1.82, 2.24) is 0 Å². The van der Waals surface area contributed by atoms with Crippen LogP contribution in [0.2, 0.25) is 0 Å². The molecule has 88 valence electrons. The second-order valence-corrected chi connectivity index (χ2v) is 3.95. The number of hydrogen-bond acceptors (Lipinski definition) is 4. The number of benzene rings is 1. The van der Waals surface area contributed by atoms with Crippen LogP contribution < -0.4 is 10.5 Å². The quantitative estimate of drug-likeness (QED) is 0.701. The lowest BCUT2D eigenvalue weighted by Gasteiger charge is -2.11. The molecule has 4 heteroatoms. The van der Waals surface area contributed by atoms with E-state index in [4.69, 9.17) is 20.3 Å². The van der Waals surface area contributed by atoms with Gasteiger partial charge in [-0.1, -0.05) is 12.1 Å². The number of nitrogens with two attached hydrogens (primary N) is 1. The minimum absolute atomic E-state index is 0.106. The number of rotatable bonds is 6. The second-order valence-electron chi connectivity index (χ2n) is 3.95. The van der Waals surface area contributed by atoms with Crippen LogP contribution in [0.15, 0.2) is 24.3 Å². The molecule has 0 saturated carbocycles. The highest BCUT2D eigenvalue weighted by molar-refractivity contribution is 5.29. The predicted octanol–water partition coefficient (Wildman–Crippen LogP) is 0.846. The van der Waals surface area contributed by atoms with Crippen molar-refractivity contribution in [2.45, 2.75) is 18.6 Å². The molecule has 1 fully saturated rings. The summed E-state index contributed by atoms with van der Waals surface area (Å²) < 4.78 is 10.6. The summed E-state index contributed by atoms with van der Waals surface area (Å²) in [5.41, 5.74) is 6.88. The van der Waals surface area contributed by atoms with Crippen molar-refractivity contribution in [1.29, 1.82) is 0 Å². The second kappa shape index (κ2) is 5.30. The molecule has 1 aliphatic heterocycles. The summed E-state index contributed by atoms with van der Waals surface area (Å²) in [6.07, 6.45) is 0.854. The van der Waals surface area contributed by atoms with Gasteiger partial charge in [-0.3, -0.25) is 0 Å². The first-order valence-electron chi connectivity index (χ1n) is 5.50. The summed E-state index contributed by atoms with van der Waals surface area (Å²) in [6, 6.07) is 7.56. The lowest BCUT2D eigenvalue weighted by Crippen LogP contribution is -2.11. The molecule has 1 heterocycles. The summed E-state index contributed by atoms with van der Waals surface area (Å²) in [6.45, 7) is 1.53. The summed E-state index contributed by atoms with van der Waals surface area (Å²) >= 11 is 0. The third-order valence-electron chi connectivity index (χ3n) is 2.59. The minimum atomic E-state index is -0.106. The van der Waals surface area contributed by atoms with Crippen LogP contribution in [-0.2, 0) is 4.74 Å². The average molecular weight is 223 g/mol. The zero-order valence-corrected chi connectivity index (χ0v) is 9.13. The molecule has 0 spiro atoms. The van der Waals surface area contributed by atoms with Gasteiger partial charge in [-0.2, -0.15) is 0 Å². The van der Waals surface area contributed by atoms with Gasteiger partial charge in [-0.05, 0) is 24.1 Å². The fraction of sp³-hybridized carbons (Fsp3) is 0.500. The Morgan fingerprint density at radius 3 is 2.69 bits per heavy atom. The Morgan fingerprint density at radius 1 is 1.44 bits per heavy atom. The molecule has 1 aromatic rings. The molecule has 0 amide bonds. The maximum atomic E-state index is 8.79. The molecular weight excluding hydrogens is 206 g/mol. The van der Waals surface area contributed by atoms with E-state index in [1.54, 1.807) is 0 Å². The van der Waals surface area contributed by atoms with Crippen molar-refractivity contribution < 1.29 is 14.6 Å². The van der Waals surface area contributed by atoms with E-state index < -0.39 is 0 Å². The number of aliphatic hydroxyl groups excluding tert-OH is 1. The lowest BCUT2D eigenvalue weighted by molar-refractivity contribution is 0.262. The standard InChI is InChI=1S/C12H17NO3/c13-12(5-6-14)9-1-3-10(4-2-9)15-7-11-8-16-11/h1-4,11-12,14H,5-8,13H2. The number of hydrogen-bond donors (Lipinski definition) is 2. The van der Waals surface area contributed by atoms with Gasteiger partial charge >= 0.3 is 0 Å². The largest absolute Gasteiger partial charge is 0.491 e. The number of epoxide rings is 1. The van der Waals surface area contributed by atoms with Crippen LogP contribution >= 0.6 is 0 Å². The average Bonchev–Trinajstić information content (AvgIpc) is 3.11. The molecule has 0 aromatic heterocycles.